The second-order valence-corrected chi connectivity index (χ2v) is 0.610. The summed E-state index contributed by atoms with van der Waals surface area (Å²) in [7, 11) is 0. The van der Waals surface area contributed by atoms with Crippen LogP contribution in [-0.4, -0.2) is 22.2 Å². The smallest absolute Gasteiger partial charge is 0.414 e. The van der Waals surface area contributed by atoms with Gasteiger partial charge in [0, 0.05) is 71.3 Å². The molecule has 0 fully saturated rings. The maximum absolute atomic E-state index is 9.10. The third-order valence-corrected chi connectivity index (χ3v) is 0.183. The molecule has 0 aliphatic heterocycles. The first kappa shape index (κ1) is 16.2. The quantitative estimate of drug-likeness (QED) is 0.565. The van der Waals surface area contributed by atoms with Gasteiger partial charge in [-0.25, -0.2) is 9.59 Å². The summed E-state index contributed by atoms with van der Waals surface area (Å²) >= 11 is 0. The van der Waals surface area contributed by atoms with Gasteiger partial charge in [0.15, 0.2) is 0 Å². The molecule has 6 heteroatoms. The molecule has 0 aromatic heterocycles. The van der Waals surface area contributed by atoms with Crippen molar-refractivity contribution in [3.8, 4) is 0 Å². The molecule has 0 saturated carbocycles. The number of carboxylic acids is 2. The predicted octanol–water partition coefficient (Wildman–Crippen LogP) is -0.847. The van der Waals surface area contributed by atoms with E-state index in [4.69, 9.17) is 19.8 Å². The van der Waals surface area contributed by atoms with Gasteiger partial charge in [-0.2, -0.15) is 0 Å². The Balaban J connectivity index is -0.000000125. The van der Waals surface area contributed by atoms with Crippen LogP contribution in [0.1, 0.15) is 0 Å². The molecule has 0 aliphatic carbocycles. The van der Waals surface area contributed by atoms with Gasteiger partial charge in [-0.1, -0.05) is 0 Å². The zero-order chi connectivity index (χ0) is 5.15. The largest absolute Gasteiger partial charge is 0.473 e. The molecule has 2 N–H and O–H groups in total. The van der Waals surface area contributed by atoms with Crippen LogP contribution in [0.15, 0.2) is 0 Å². The monoisotopic (exact) mass is 338 g/mol. The van der Waals surface area contributed by atoms with Crippen LogP contribution in [0, 0.1) is 38.6 Å². The summed E-state index contributed by atoms with van der Waals surface area (Å²) in [4.78, 5) is 18.2. The number of carboxylic acid groups (broad SMARTS) is 2. The first-order valence-electron chi connectivity index (χ1n) is 1.11. The van der Waals surface area contributed by atoms with Gasteiger partial charge >= 0.3 is 11.9 Å². The molecule has 4 nitrogen and oxygen atoms in total. The van der Waals surface area contributed by atoms with E-state index in [0.717, 1.165) is 0 Å². The summed E-state index contributed by atoms with van der Waals surface area (Å²) in [6, 6.07) is 0. The standard InChI is InChI=1S/C2H2O4.Tb.Y/c3-1(4)2(5)6;;/h(H,3,4)(H,5,6);;. The number of rotatable bonds is 0. The van der Waals surface area contributed by atoms with Crippen LogP contribution in [0.5, 0.6) is 0 Å². The first-order valence-corrected chi connectivity index (χ1v) is 1.11. The molecule has 0 atom stereocenters. The zero-order valence-electron chi connectivity index (χ0n) is 3.62. The van der Waals surface area contributed by atoms with Crippen LogP contribution >= 0.6 is 0 Å². The number of carbonyl (C=O) groups is 2. The third kappa shape index (κ3) is 10.3. The Labute approximate surface area is 101 Å². The predicted molar refractivity (Wildman–Crippen MR) is 15.3 cm³/mol. The van der Waals surface area contributed by atoms with Gasteiger partial charge < -0.3 is 10.2 Å². The van der Waals surface area contributed by atoms with E-state index in [1.165, 1.54) is 0 Å². The minimum absolute atomic E-state index is 0. The molecule has 0 bridgehead atoms. The summed E-state index contributed by atoms with van der Waals surface area (Å²) in [6.07, 6.45) is 0. The first-order chi connectivity index (χ1) is 2.64. The van der Waals surface area contributed by atoms with E-state index >= 15 is 0 Å². The molecule has 8 heavy (non-hydrogen) atoms. The minimum atomic E-state index is -1.82. The number of hydrogen-bond acceptors (Lipinski definition) is 2. The van der Waals surface area contributed by atoms with Crippen LogP contribution in [0.25, 0.3) is 0 Å². The Morgan fingerprint density at radius 3 is 1.12 bits per heavy atom. The maximum Gasteiger partial charge on any atom is 0.414 e. The summed E-state index contributed by atoms with van der Waals surface area (Å²) < 4.78 is 0. The van der Waals surface area contributed by atoms with Crippen molar-refractivity contribution in [3.05, 3.63) is 0 Å². The van der Waals surface area contributed by atoms with Crippen molar-refractivity contribution in [2.45, 2.75) is 0 Å². The van der Waals surface area contributed by atoms with Crippen molar-refractivity contribution >= 4 is 11.9 Å². The van der Waals surface area contributed by atoms with Crippen molar-refractivity contribution < 1.29 is 91.1 Å². The molecule has 0 heterocycles. The van der Waals surface area contributed by atoms with Gasteiger partial charge in [-0.3, -0.25) is 0 Å². The van der Waals surface area contributed by atoms with Gasteiger partial charge in [-0.05, 0) is 0 Å². The molecule has 46 valence electrons. The minimum Gasteiger partial charge on any atom is -0.473 e. The van der Waals surface area contributed by atoms with Gasteiger partial charge in [0.1, 0.15) is 0 Å². The SMILES string of the molecule is O=C(O)C(=O)O.[Tb].[Y]. The molecule has 0 amide bonds. The summed E-state index contributed by atoms with van der Waals surface area (Å²) in [5.74, 6) is -3.65. The molecule has 0 rings (SSSR count). The Morgan fingerprint density at radius 1 is 1.00 bits per heavy atom. The Morgan fingerprint density at radius 2 is 1.12 bits per heavy atom. The average molecular weight is 338 g/mol. The van der Waals surface area contributed by atoms with Crippen molar-refractivity contribution in [3.63, 3.8) is 0 Å². The average Bonchev–Trinajstić information content (AvgIpc) is 1.36. The Hall–Kier alpha value is 1.33. The maximum atomic E-state index is 9.10. The van der Waals surface area contributed by atoms with Crippen molar-refractivity contribution in [1.29, 1.82) is 0 Å². The summed E-state index contributed by atoms with van der Waals surface area (Å²) in [6.45, 7) is 0. The van der Waals surface area contributed by atoms with Crippen LogP contribution in [0.4, 0.5) is 0 Å². The topological polar surface area (TPSA) is 74.6 Å². The molecule has 0 aliphatic rings. The van der Waals surface area contributed by atoms with Crippen LogP contribution in [0.3, 0.4) is 0 Å². The molecule has 0 aromatic carbocycles. The van der Waals surface area contributed by atoms with Gasteiger partial charge in [-0.15, -0.1) is 0 Å². The van der Waals surface area contributed by atoms with Crippen LogP contribution in [-0.2, 0) is 42.3 Å². The normalized spacial score (nSPS) is 5.50. The van der Waals surface area contributed by atoms with E-state index in [9.17, 15) is 0 Å². The molecule has 0 saturated heterocycles. The second kappa shape index (κ2) is 8.33. The number of aliphatic carboxylic acids is 2. The second-order valence-electron chi connectivity index (χ2n) is 0.610. The third-order valence-electron chi connectivity index (χ3n) is 0.183. The van der Waals surface area contributed by atoms with Crippen molar-refractivity contribution in [1.82, 2.24) is 0 Å². The summed E-state index contributed by atoms with van der Waals surface area (Å²) in [5, 5.41) is 14.8. The molecular weight excluding hydrogens is 336 g/mol. The van der Waals surface area contributed by atoms with Gasteiger partial charge in [0.25, 0.3) is 0 Å². The molecule has 0 spiro atoms. The van der Waals surface area contributed by atoms with E-state index in [2.05, 4.69) is 0 Å². The van der Waals surface area contributed by atoms with Crippen LogP contribution < -0.4 is 0 Å². The van der Waals surface area contributed by atoms with E-state index in [0.29, 0.717) is 0 Å². The summed E-state index contributed by atoms with van der Waals surface area (Å²) in [5.41, 5.74) is 0. The van der Waals surface area contributed by atoms with Crippen molar-refractivity contribution in [2.24, 2.45) is 0 Å². The Bertz CT molecular complexity index is 80.0. The van der Waals surface area contributed by atoms with E-state index < -0.39 is 11.9 Å². The van der Waals surface area contributed by atoms with E-state index in [1.54, 1.807) is 0 Å². The molecule has 2 radical (unpaired) electrons. The molecule has 0 aromatic rings. The van der Waals surface area contributed by atoms with E-state index in [-0.39, 0.29) is 71.3 Å². The van der Waals surface area contributed by atoms with Gasteiger partial charge in [0.2, 0.25) is 0 Å². The molecule has 0 unspecified atom stereocenters. The van der Waals surface area contributed by atoms with Crippen molar-refractivity contribution in [2.75, 3.05) is 0 Å². The molecular formula is C2H2O4TbY. The van der Waals surface area contributed by atoms with Crippen LogP contribution in [0.2, 0.25) is 0 Å². The zero-order valence-corrected chi connectivity index (χ0v) is 8.60. The fourth-order valence-electron chi connectivity index (χ4n) is 0. The fourth-order valence-corrected chi connectivity index (χ4v) is 0. The van der Waals surface area contributed by atoms with Gasteiger partial charge in [0.05, 0.1) is 0 Å². The Kier molecular flexibility index (Phi) is 16.8. The van der Waals surface area contributed by atoms with E-state index in [1.807, 2.05) is 0 Å². The fraction of sp³-hybridized carbons (Fsp3) is 0. The number of hydrogen-bond donors (Lipinski definition) is 2.